The number of ether oxygens (including phenoxy) is 1. The van der Waals surface area contributed by atoms with E-state index in [1.165, 1.54) is 5.56 Å². The molecule has 0 saturated carbocycles. The van der Waals surface area contributed by atoms with Crippen molar-refractivity contribution in [3.05, 3.63) is 29.6 Å². The van der Waals surface area contributed by atoms with Crippen LogP contribution in [0.3, 0.4) is 0 Å². The molecule has 2 heteroatoms. The fourth-order valence-corrected chi connectivity index (χ4v) is 1.59. The summed E-state index contributed by atoms with van der Waals surface area (Å²) in [6, 6.07) is 4.14. The van der Waals surface area contributed by atoms with Gasteiger partial charge in [-0.1, -0.05) is 13.0 Å². The Morgan fingerprint density at radius 1 is 1.50 bits per heavy atom. The predicted molar refractivity (Wildman–Crippen MR) is 58.4 cm³/mol. The molecule has 0 saturated heterocycles. The maximum atomic E-state index is 5.34. The van der Waals surface area contributed by atoms with Crippen molar-refractivity contribution in [3.63, 3.8) is 0 Å². The molecule has 1 unspecified atom stereocenters. The zero-order valence-electron chi connectivity index (χ0n) is 9.29. The molecule has 0 spiro atoms. The van der Waals surface area contributed by atoms with Crippen molar-refractivity contribution in [2.45, 2.75) is 39.2 Å². The van der Waals surface area contributed by atoms with E-state index < -0.39 is 0 Å². The van der Waals surface area contributed by atoms with Gasteiger partial charge in [0.1, 0.15) is 0 Å². The number of aryl methyl sites for hydroxylation is 2. The molecule has 78 valence electrons. The molecular formula is C12H19NO. The highest BCUT2D eigenvalue weighted by Gasteiger charge is 2.05. The van der Waals surface area contributed by atoms with Gasteiger partial charge in [0, 0.05) is 19.0 Å². The van der Waals surface area contributed by atoms with Crippen molar-refractivity contribution in [1.82, 2.24) is 4.98 Å². The largest absolute Gasteiger partial charge is 0.381 e. The molecule has 1 rings (SSSR count). The lowest BCUT2D eigenvalue weighted by molar-refractivity contribution is 0.0924. The van der Waals surface area contributed by atoms with Crippen LogP contribution >= 0.6 is 0 Å². The number of nitrogens with zero attached hydrogens (tertiary/aromatic N) is 1. The molecule has 0 fully saturated rings. The second kappa shape index (κ2) is 5.76. The van der Waals surface area contributed by atoms with Gasteiger partial charge < -0.3 is 4.74 Å². The topological polar surface area (TPSA) is 22.1 Å². The second-order valence-corrected chi connectivity index (χ2v) is 3.55. The molecule has 1 aromatic rings. The molecule has 0 aliphatic carbocycles. The van der Waals surface area contributed by atoms with E-state index in [9.17, 15) is 0 Å². The van der Waals surface area contributed by atoms with Gasteiger partial charge in [0.05, 0.1) is 6.10 Å². The van der Waals surface area contributed by atoms with Crippen LogP contribution in [-0.4, -0.2) is 18.2 Å². The third-order valence-corrected chi connectivity index (χ3v) is 2.64. The summed E-state index contributed by atoms with van der Waals surface area (Å²) in [6.07, 6.45) is 5.45. The SMILES string of the molecule is CCC(CCc1cccnc1C)OC. The monoisotopic (exact) mass is 193 g/mol. The Balaban J connectivity index is 2.49. The number of hydrogen-bond acceptors (Lipinski definition) is 2. The Hall–Kier alpha value is -0.890. The zero-order chi connectivity index (χ0) is 10.4. The molecule has 1 heterocycles. The fourth-order valence-electron chi connectivity index (χ4n) is 1.59. The highest BCUT2D eigenvalue weighted by atomic mass is 16.5. The van der Waals surface area contributed by atoms with Gasteiger partial charge in [-0.3, -0.25) is 4.98 Å². The smallest absolute Gasteiger partial charge is 0.0572 e. The molecular weight excluding hydrogens is 174 g/mol. The van der Waals surface area contributed by atoms with Gasteiger partial charge in [-0.05, 0) is 37.8 Å². The molecule has 0 radical (unpaired) electrons. The molecule has 14 heavy (non-hydrogen) atoms. The van der Waals surface area contributed by atoms with Crippen molar-refractivity contribution in [2.24, 2.45) is 0 Å². The number of methoxy groups -OCH3 is 1. The molecule has 1 atom stereocenters. The summed E-state index contributed by atoms with van der Waals surface area (Å²) in [7, 11) is 1.78. The van der Waals surface area contributed by atoms with E-state index in [0.29, 0.717) is 6.10 Å². The van der Waals surface area contributed by atoms with Crippen LogP contribution in [0.1, 0.15) is 31.0 Å². The average molecular weight is 193 g/mol. The van der Waals surface area contributed by atoms with E-state index in [1.807, 2.05) is 12.3 Å². The number of aromatic nitrogens is 1. The number of hydrogen-bond donors (Lipinski definition) is 0. The summed E-state index contributed by atoms with van der Waals surface area (Å²) in [6.45, 7) is 4.22. The summed E-state index contributed by atoms with van der Waals surface area (Å²) in [4.78, 5) is 4.27. The first-order valence-electron chi connectivity index (χ1n) is 5.21. The van der Waals surface area contributed by atoms with E-state index in [1.54, 1.807) is 7.11 Å². The Bertz CT molecular complexity index is 269. The van der Waals surface area contributed by atoms with E-state index >= 15 is 0 Å². The van der Waals surface area contributed by atoms with E-state index in [4.69, 9.17) is 4.74 Å². The number of pyridine rings is 1. The van der Waals surface area contributed by atoms with Crippen LogP contribution in [-0.2, 0) is 11.2 Å². The van der Waals surface area contributed by atoms with E-state index in [0.717, 1.165) is 25.0 Å². The van der Waals surface area contributed by atoms with Crippen molar-refractivity contribution < 1.29 is 4.74 Å². The Morgan fingerprint density at radius 2 is 2.29 bits per heavy atom. The standard InChI is InChI=1S/C12H19NO/c1-4-12(14-3)8-7-11-6-5-9-13-10(11)2/h5-6,9,12H,4,7-8H2,1-3H3. The van der Waals surface area contributed by atoms with Crippen molar-refractivity contribution in [1.29, 1.82) is 0 Å². The highest BCUT2D eigenvalue weighted by molar-refractivity contribution is 5.18. The van der Waals surface area contributed by atoms with Gasteiger partial charge >= 0.3 is 0 Å². The lowest BCUT2D eigenvalue weighted by atomic mass is 10.0. The third kappa shape index (κ3) is 3.11. The molecule has 0 N–H and O–H groups in total. The van der Waals surface area contributed by atoms with Crippen molar-refractivity contribution in [2.75, 3.05) is 7.11 Å². The molecule has 0 aliphatic heterocycles. The van der Waals surface area contributed by atoms with Gasteiger partial charge in [0.2, 0.25) is 0 Å². The van der Waals surface area contributed by atoms with Crippen LogP contribution in [0, 0.1) is 6.92 Å². The van der Waals surface area contributed by atoms with Crippen LogP contribution in [0.5, 0.6) is 0 Å². The van der Waals surface area contributed by atoms with E-state index in [-0.39, 0.29) is 0 Å². The minimum absolute atomic E-state index is 0.384. The average Bonchev–Trinajstić information content (AvgIpc) is 2.22. The summed E-state index contributed by atoms with van der Waals surface area (Å²) in [5, 5.41) is 0. The van der Waals surface area contributed by atoms with Gasteiger partial charge in [0.25, 0.3) is 0 Å². The molecule has 0 aromatic carbocycles. The van der Waals surface area contributed by atoms with Gasteiger partial charge in [-0.25, -0.2) is 0 Å². The predicted octanol–water partition coefficient (Wildman–Crippen LogP) is 2.75. The van der Waals surface area contributed by atoms with Crippen LogP contribution in [0.2, 0.25) is 0 Å². The summed E-state index contributed by atoms with van der Waals surface area (Å²) < 4.78 is 5.34. The maximum Gasteiger partial charge on any atom is 0.0572 e. The summed E-state index contributed by atoms with van der Waals surface area (Å²) in [5.74, 6) is 0. The number of rotatable bonds is 5. The first-order chi connectivity index (χ1) is 6.77. The van der Waals surface area contributed by atoms with Gasteiger partial charge in [-0.15, -0.1) is 0 Å². The summed E-state index contributed by atoms with van der Waals surface area (Å²) in [5.41, 5.74) is 2.47. The minimum Gasteiger partial charge on any atom is -0.381 e. The quantitative estimate of drug-likeness (QED) is 0.717. The minimum atomic E-state index is 0.384. The first-order valence-corrected chi connectivity index (χ1v) is 5.21. The maximum absolute atomic E-state index is 5.34. The highest BCUT2D eigenvalue weighted by Crippen LogP contribution is 2.11. The van der Waals surface area contributed by atoms with Crippen molar-refractivity contribution >= 4 is 0 Å². The molecule has 2 nitrogen and oxygen atoms in total. The van der Waals surface area contributed by atoms with Crippen molar-refractivity contribution in [3.8, 4) is 0 Å². The zero-order valence-corrected chi connectivity index (χ0v) is 9.29. The van der Waals surface area contributed by atoms with Gasteiger partial charge in [0.15, 0.2) is 0 Å². The van der Waals surface area contributed by atoms with Crippen LogP contribution in [0.15, 0.2) is 18.3 Å². The second-order valence-electron chi connectivity index (χ2n) is 3.55. The summed E-state index contributed by atoms with van der Waals surface area (Å²) >= 11 is 0. The van der Waals surface area contributed by atoms with Crippen LogP contribution in [0.4, 0.5) is 0 Å². The third-order valence-electron chi connectivity index (χ3n) is 2.64. The van der Waals surface area contributed by atoms with Crippen LogP contribution < -0.4 is 0 Å². The van der Waals surface area contributed by atoms with Crippen LogP contribution in [0.25, 0.3) is 0 Å². The Morgan fingerprint density at radius 3 is 2.86 bits per heavy atom. The lowest BCUT2D eigenvalue weighted by Gasteiger charge is -2.13. The first kappa shape index (κ1) is 11.2. The fraction of sp³-hybridized carbons (Fsp3) is 0.583. The Labute approximate surface area is 86.3 Å². The molecule has 1 aromatic heterocycles. The lowest BCUT2D eigenvalue weighted by Crippen LogP contribution is -2.10. The molecule has 0 amide bonds. The van der Waals surface area contributed by atoms with E-state index in [2.05, 4.69) is 24.9 Å². The van der Waals surface area contributed by atoms with Gasteiger partial charge in [-0.2, -0.15) is 0 Å². The molecule has 0 aliphatic rings. The normalized spacial score (nSPS) is 12.8. The molecule has 0 bridgehead atoms. The Kier molecular flexibility index (Phi) is 4.60.